The maximum atomic E-state index is 13.7. The van der Waals surface area contributed by atoms with Gasteiger partial charge in [0.15, 0.2) is 17.3 Å². The van der Waals surface area contributed by atoms with Gasteiger partial charge in [-0.25, -0.2) is 17.7 Å². The maximum Gasteiger partial charge on any atom is 0.265 e. The molecular weight excluding hydrogens is 474 g/mol. The number of anilines is 1. The zero-order valence-corrected chi connectivity index (χ0v) is 20.9. The summed E-state index contributed by atoms with van der Waals surface area (Å²) in [6.07, 6.45) is 1.19. The molecule has 1 aromatic heterocycles. The van der Waals surface area contributed by atoms with E-state index in [1.54, 1.807) is 36.4 Å². The largest absolute Gasteiger partial charge is 0.493 e. The lowest BCUT2D eigenvalue weighted by Crippen LogP contribution is -2.35. The van der Waals surface area contributed by atoms with E-state index in [4.69, 9.17) is 18.9 Å². The Labute approximate surface area is 205 Å². The number of methoxy groups -OCH3 is 2. The summed E-state index contributed by atoms with van der Waals surface area (Å²) in [6.45, 7) is 3.57. The van der Waals surface area contributed by atoms with Crippen LogP contribution in [0.15, 0.2) is 59.8 Å². The maximum absolute atomic E-state index is 13.7. The Hall–Kier alpha value is -3.57. The average molecular weight is 504 g/mol. The van der Waals surface area contributed by atoms with Gasteiger partial charge < -0.3 is 24.1 Å². The van der Waals surface area contributed by atoms with Gasteiger partial charge in [-0.2, -0.15) is 4.98 Å². The van der Waals surface area contributed by atoms with Gasteiger partial charge in [0.05, 0.1) is 25.7 Å². The van der Waals surface area contributed by atoms with Crippen molar-refractivity contribution in [1.29, 1.82) is 0 Å². The van der Waals surface area contributed by atoms with E-state index in [2.05, 4.69) is 9.97 Å². The molecule has 0 radical (unpaired) electrons. The van der Waals surface area contributed by atoms with Gasteiger partial charge in [0.25, 0.3) is 15.9 Å². The van der Waals surface area contributed by atoms with Gasteiger partial charge in [-0.15, -0.1) is 0 Å². The number of aliphatic hydroxyl groups is 1. The van der Waals surface area contributed by atoms with Crippen LogP contribution in [0.25, 0.3) is 0 Å². The summed E-state index contributed by atoms with van der Waals surface area (Å²) >= 11 is 0. The van der Waals surface area contributed by atoms with Gasteiger partial charge in [0.2, 0.25) is 5.75 Å². The van der Waals surface area contributed by atoms with Crippen LogP contribution in [-0.4, -0.2) is 57.5 Å². The molecule has 0 fully saturated rings. The minimum Gasteiger partial charge on any atom is -0.493 e. The highest BCUT2D eigenvalue weighted by molar-refractivity contribution is 7.92. The fourth-order valence-electron chi connectivity index (χ4n) is 3.21. The summed E-state index contributed by atoms with van der Waals surface area (Å²) in [5, 5.41) is 9.26. The van der Waals surface area contributed by atoms with Crippen LogP contribution in [-0.2, 0) is 10.0 Å². The highest BCUT2D eigenvalue weighted by atomic mass is 32.2. The molecule has 0 aliphatic carbocycles. The van der Waals surface area contributed by atoms with Crippen molar-refractivity contribution in [2.45, 2.75) is 18.7 Å². The lowest BCUT2D eigenvalue weighted by molar-refractivity contribution is 0.192. The van der Waals surface area contributed by atoms with Crippen molar-refractivity contribution in [2.24, 2.45) is 5.92 Å². The number of rotatable bonds is 12. The van der Waals surface area contributed by atoms with Crippen molar-refractivity contribution >= 4 is 15.8 Å². The van der Waals surface area contributed by atoms with E-state index in [9.17, 15) is 13.5 Å². The Morgan fingerprint density at radius 1 is 1.00 bits per heavy atom. The number of sulfonamides is 1. The molecule has 0 aliphatic rings. The number of benzene rings is 2. The Kier molecular flexibility index (Phi) is 8.72. The van der Waals surface area contributed by atoms with E-state index in [-0.39, 0.29) is 48.0 Å². The highest BCUT2D eigenvalue weighted by Gasteiger charge is 2.31. The normalized spacial score (nSPS) is 11.3. The van der Waals surface area contributed by atoms with E-state index >= 15 is 0 Å². The topological polar surface area (TPSA) is 120 Å². The Morgan fingerprint density at radius 2 is 1.71 bits per heavy atom. The summed E-state index contributed by atoms with van der Waals surface area (Å²) in [4.78, 5) is 8.50. The Balaban J connectivity index is 2.17. The number of aromatic nitrogens is 2. The second-order valence-electron chi connectivity index (χ2n) is 7.77. The molecule has 0 unspecified atom stereocenters. The minimum atomic E-state index is -4.01. The molecule has 2 aromatic carbocycles. The number of ether oxygens (including phenoxy) is 4. The first-order chi connectivity index (χ1) is 16.8. The number of hydrogen-bond acceptors (Lipinski definition) is 9. The molecule has 0 bridgehead atoms. The average Bonchev–Trinajstić information content (AvgIpc) is 2.87. The molecule has 0 atom stereocenters. The van der Waals surface area contributed by atoms with E-state index in [1.807, 2.05) is 13.8 Å². The molecule has 35 heavy (non-hydrogen) atoms. The number of hydrogen-bond donors (Lipinski definition) is 1. The SMILES string of the molecule is COc1ccc(Oc2c(OCCO)ncnc2N(CC(C)C)S(=O)(=O)c2ccccc2)cc1OC. The summed E-state index contributed by atoms with van der Waals surface area (Å²) in [5.74, 6) is 1.14. The number of aliphatic hydroxyl groups excluding tert-OH is 1. The molecular formula is C24H29N3O7S. The summed E-state index contributed by atoms with van der Waals surface area (Å²) < 4.78 is 50.8. The Morgan fingerprint density at radius 3 is 2.34 bits per heavy atom. The van der Waals surface area contributed by atoms with Gasteiger partial charge in [-0.1, -0.05) is 32.0 Å². The van der Waals surface area contributed by atoms with Crippen LogP contribution in [0.2, 0.25) is 0 Å². The molecule has 0 saturated carbocycles. The summed E-state index contributed by atoms with van der Waals surface area (Å²) in [6, 6.07) is 12.9. The zero-order valence-electron chi connectivity index (χ0n) is 20.0. The summed E-state index contributed by atoms with van der Waals surface area (Å²) in [5.41, 5.74) is 0. The monoisotopic (exact) mass is 503 g/mol. The second kappa shape index (κ2) is 11.7. The first-order valence-corrected chi connectivity index (χ1v) is 12.3. The molecule has 3 aromatic rings. The molecule has 10 nitrogen and oxygen atoms in total. The van der Waals surface area contributed by atoms with Crippen molar-refractivity contribution in [2.75, 3.05) is 38.3 Å². The highest BCUT2D eigenvalue weighted by Crippen LogP contribution is 2.41. The molecule has 0 saturated heterocycles. The van der Waals surface area contributed by atoms with Crippen LogP contribution >= 0.6 is 0 Å². The van der Waals surface area contributed by atoms with E-state index in [0.717, 1.165) is 0 Å². The molecule has 0 amide bonds. The van der Waals surface area contributed by atoms with Gasteiger partial charge >= 0.3 is 0 Å². The second-order valence-corrected chi connectivity index (χ2v) is 9.63. The standard InChI is InChI=1S/C24H29N3O7S/c1-17(2)15-27(35(29,30)19-8-6-5-7-9-19)23-22(24(26-16-25-23)33-13-12-28)34-18-10-11-20(31-3)21(14-18)32-4/h5-11,14,16-17,28H,12-13,15H2,1-4H3. The third kappa shape index (κ3) is 6.11. The van der Waals surface area contributed by atoms with Crippen molar-refractivity contribution < 1.29 is 32.5 Å². The lowest BCUT2D eigenvalue weighted by Gasteiger charge is -2.27. The molecule has 188 valence electrons. The fraction of sp³-hybridized carbons (Fsp3) is 0.333. The van der Waals surface area contributed by atoms with Crippen LogP contribution < -0.4 is 23.3 Å². The molecule has 0 aliphatic heterocycles. The third-order valence-corrected chi connectivity index (χ3v) is 6.53. The number of nitrogens with zero attached hydrogens (tertiary/aromatic N) is 3. The predicted molar refractivity (Wildman–Crippen MR) is 130 cm³/mol. The smallest absolute Gasteiger partial charge is 0.265 e. The molecule has 1 N–H and O–H groups in total. The van der Waals surface area contributed by atoms with Crippen LogP contribution in [0.3, 0.4) is 0 Å². The van der Waals surface area contributed by atoms with E-state index in [0.29, 0.717) is 17.2 Å². The van der Waals surface area contributed by atoms with Gasteiger partial charge in [-0.05, 0) is 30.2 Å². The Bertz CT molecular complexity index is 1220. The van der Waals surface area contributed by atoms with Crippen LogP contribution in [0, 0.1) is 5.92 Å². The molecule has 0 spiro atoms. The third-order valence-electron chi connectivity index (χ3n) is 4.76. The quantitative estimate of drug-likeness (QED) is 0.396. The van der Waals surface area contributed by atoms with Crippen molar-refractivity contribution in [3.05, 3.63) is 54.9 Å². The van der Waals surface area contributed by atoms with Crippen LogP contribution in [0.4, 0.5) is 5.82 Å². The lowest BCUT2D eigenvalue weighted by atomic mass is 10.2. The predicted octanol–water partition coefficient (Wildman–Crippen LogP) is 3.51. The van der Waals surface area contributed by atoms with E-state index < -0.39 is 10.0 Å². The fourth-order valence-corrected chi connectivity index (χ4v) is 4.82. The van der Waals surface area contributed by atoms with Gasteiger partial charge in [0.1, 0.15) is 18.7 Å². The first-order valence-electron chi connectivity index (χ1n) is 10.9. The van der Waals surface area contributed by atoms with Crippen LogP contribution in [0.1, 0.15) is 13.8 Å². The van der Waals surface area contributed by atoms with Gasteiger partial charge in [0, 0.05) is 12.6 Å². The molecule has 3 rings (SSSR count). The minimum absolute atomic E-state index is 0.000257. The van der Waals surface area contributed by atoms with Crippen molar-refractivity contribution in [3.8, 4) is 28.9 Å². The van der Waals surface area contributed by atoms with Gasteiger partial charge in [-0.3, -0.25) is 0 Å². The molecule has 11 heteroatoms. The zero-order chi connectivity index (χ0) is 25.4. The van der Waals surface area contributed by atoms with Crippen molar-refractivity contribution in [3.63, 3.8) is 0 Å². The summed E-state index contributed by atoms with van der Waals surface area (Å²) in [7, 11) is -1.01. The van der Waals surface area contributed by atoms with Crippen molar-refractivity contribution in [1.82, 2.24) is 9.97 Å². The first kappa shape index (κ1) is 26.0. The molecule has 1 heterocycles. The van der Waals surface area contributed by atoms with Crippen LogP contribution in [0.5, 0.6) is 28.9 Å². The van der Waals surface area contributed by atoms with E-state index in [1.165, 1.54) is 37.0 Å².